The lowest BCUT2D eigenvalue weighted by Gasteiger charge is -2.04. The Labute approximate surface area is 108 Å². The van der Waals surface area contributed by atoms with Gasteiger partial charge in [0, 0.05) is 5.39 Å². The van der Waals surface area contributed by atoms with E-state index in [1.807, 2.05) is 41.8 Å². The van der Waals surface area contributed by atoms with Gasteiger partial charge in [-0.15, -0.1) is 11.3 Å². The highest BCUT2D eigenvalue weighted by Crippen LogP contribution is 2.20. The predicted molar refractivity (Wildman–Crippen MR) is 72.0 cm³/mol. The number of thiophene rings is 1. The van der Waals surface area contributed by atoms with E-state index in [0.29, 0.717) is 16.4 Å². The van der Waals surface area contributed by atoms with E-state index in [9.17, 15) is 4.79 Å². The molecule has 0 amide bonds. The Morgan fingerprint density at radius 1 is 1.11 bits per heavy atom. The number of nitrogens with zero attached hydrogens (tertiary/aromatic N) is 2. The maximum Gasteiger partial charge on any atom is 0.222 e. The van der Waals surface area contributed by atoms with Crippen LogP contribution in [0.2, 0.25) is 0 Å². The monoisotopic (exact) mass is 254 g/mol. The first-order chi connectivity index (χ1) is 8.75. The largest absolute Gasteiger partial charge is 0.286 e. The van der Waals surface area contributed by atoms with Gasteiger partial charge in [-0.05, 0) is 24.4 Å². The molecule has 1 aromatic carbocycles. The highest BCUT2D eigenvalue weighted by Gasteiger charge is 2.16. The lowest BCUT2D eigenvalue weighted by atomic mass is 10.1. The Morgan fingerprint density at radius 3 is 2.72 bits per heavy atom. The van der Waals surface area contributed by atoms with E-state index in [1.54, 1.807) is 6.92 Å². The van der Waals surface area contributed by atoms with Crippen molar-refractivity contribution in [1.29, 1.82) is 0 Å². The van der Waals surface area contributed by atoms with Crippen LogP contribution in [0.25, 0.3) is 10.9 Å². The molecular formula is C14H10N2OS. The van der Waals surface area contributed by atoms with E-state index in [2.05, 4.69) is 9.97 Å². The van der Waals surface area contributed by atoms with Crippen LogP contribution >= 0.6 is 11.3 Å². The molecule has 0 unspecified atom stereocenters. The van der Waals surface area contributed by atoms with Gasteiger partial charge in [-0.25, -0.2) is 9.97 Å². The molecule has 0 N–H and O–H groups in total. The topological polar surface area (TPSA) is 42.9 Å². The average Bonchev–Trinajstić information content (AvgIpc) is 2.90. The van der Waals surface area contributed by atoms with Gasteiger partial charge in [0.15, 0.2) is 0 Å². The minimum absolute atomic E-state index is 0.0355. The molecule has 88 valence electrons. The van der Waals surface area contributed by atoms with Crippen LogP contribution in [-0.2, 0) is 0 Å². The zero-order chi connectivity index (χ0) is 12.5. The number of aryl methyl sites for hydroxylation is 1. The van der Waals surface area contributed by atoms with Crippen molar-refractivity contribution >= 4 is 28.0 Å². The number of para-hydroxylation sites is 1. The van der Waals surface area contributed by atoms with Crippen molar-refractivity contribution in [2.45, 2.75) is 6.92 Å². The molecule has 3 nitrogen and oxygen atoms in total. The van der Waals surface area contributed by atoms with Gasteiger partial charge >= 0.3 is 0 Å². The van der Waals surface area contributed by atoms with Gasteiger partial charge in [0.2, 0.25) is 5.78 Å². The van der Waals surface area contributed by atoms with Gasteiger partial charge in [0.25, 0.3) is 0 Å². The summed E-state index contributed by atoms with van der Waals surface area (Å²) in [5, 5.41) is 2.70. The van der Waals surface area contributed by atoms with E-state index in [4.69, 9.17) is 0 Å². The Morgan fingerprint density at radius 2 is 1.94 bits per heavy atom. The molecule has 0 bridgehead atoms. The normalized spacial score (nSPS) is 10.7. The molecule has 0 aliphatic carbocycles. The molecule has 0 aliphatic heterocycles. The molecule has 18 heavy (non-hydrogen) atoms. The van der Waals surface area contributed by atoms with E-state index in [0.717, 1.165) is 10.9 Å². The van der Waals surface area contributed by atoms with Crippen molar-refractivity contribution in [3.63, 3.8) is 0 Å². The van der Waals surface area contributed by atoms with Crippen molar-refractivity contribution in [2.24, 2.45) is 0 Å². The molecule has 3 rings (SSSR count). The van der Waals surface area contributed by atoms with Crippen LogP contribution in [0.15, 0.2) is 41.8 Å². The van der Waals surface area contributed by atoms with Gasteiger partial charge < -0.3 is 0 Å². The summed E-state index contributed by atoms with van der Waals surface area (Å²) in [6.45, 7) is 1.80. The molecule has 0 fully saturated rings. The standard InChI is InChI=1S/C14H10N2OS/c1-9-15-11-6-3-2-5-10(11)13(16-9)14(17)12-7-4-8-18-12/h2-8H,1H3. The molecular weight excluding hydrogens is 244 g/mol. The van der Waals surface area contributed by atoms with Crippen LogP contribution in [-0.4, -0.2) is 15.8 Å². The van der Waals surface area contributed by atoms with Gasteiger partial charge in [-0.3, -0.25) is 4.79 Å². The van der Waals surface area contributed by atoms with Crippen molar-refractivity contribution < 1.29 is 4.79 Å². The van der Waals surface area contributed by atoms with E-state index in [1.165, 1.54) is 11.3 Å². The lowest BCUT2D eigenvalue weighted by molar-refractivity contribution is 0.103. The summed E-state index contributed by atoms with van der Waals surface area (Å²) in [7, 11) is 0. The minimum atomic E-state index is -0.0355. The molecule has 2 aromatic heterocycles. The number of aromatic nitrogens is 2. The highest BCUT2D eigenvalue weighted by molar-refractivity contribution is 7.12. The molecule has 3 aromatic rings. The number of hydrogen-bond donors (Lipinski definition) is 0. The maximum absolute atomic E-state index is 12.4. The summed E-state index contributed by atoms with van der Waals surface area (Å²) >= 11 is 1.43. The van der Waals surface area contributed by atoms with Crippen molar-refractivity contribution in [2.75, 3.05) is 0 Å². The summed E-state index contributed by atoms with van der Waals surface area (Å²) in [4.78, 5) is 21.7. The van der Waals surface area contributed by atoms with Crippen LogP contribution in [0.1, 0.15) is 21.2 Å². The Bertz CT molecular complexity index is 720. The second-order valence-corrected chi connectivity index (χ2v) is 4.89. The number of hydrogen-bond acceptors (Lipinski definition) is 4. The Kier molecular flexibility index (Phi) is 2.64. The van der Waals surface area contributed by atoms with Crippen LogP contribution < -0.4 is 0 Å². The summed E-state index contributed by atoms with van der Waals surface area (Å²) in [6, 6.07) is 11.3. The third kappa shape index (κ3) is 1.80. The van der Waals surface area contributed by atoms with Gasteiger partial charge in [0.1, 0.15) is 11.5 Å². The molecule has 0 aliphatic rings. The Hall–Kier alpha value is -2.07. The molecule has 0 radical (unpaired) electrons. The van der Waals surface area contributed by atoms with Crippen molar-refractivity contribution in [3.8, 4) is 0 Å². The van der Waals surface area contributed by atoms with Crippen molar-refractivity contribution in [3.05, 3.63) is 58.2 Å². The predicted octanol–water partition coefficient (Wildman–Crippen LogP) is 3.23. The molecule has 0 saturated carbocycles. The number of carbonyl (C=O) groups is 1. The smallest absolute Gasteiger partial charge is 0.222 e. The van der Waals surface area contributed by atoms with Crippen LogP contribution in [0.4, 0.5) is 0 Å². The number of ketones is 1. The number of rotatable bonds is 2. The second-order valence-electron chi connectivity index (χ2n) is 3.94. The fourth-order valence-electron chi connectivity index (χ4n) is 1.89. The first-order valence-corrected chi connectivity index (χ1v) is 6.45. The molecule has 0 atom stereocenters. The highest BCUT2D eigenvalue weighted by atomic mass is 32.1. The van der Waals surface area contributed by atoms with E-state index in [-0.39, 0.29) is 5.78 Å². The van der Waals surface area contributed by atoms with Crippen LogP contribution in [0, 0.1) is 6.92 Å². The maximum atomic E-state index is 12.4. The summed E-state index contributed by atoms with van der Waals surface area (Å²) in [6.07, 6.45) is 0. The fraction of sp³-hybridized carbons (Fsp3) is 0.0714. The SMILES string of the molecule is Cc1nc(C(=O)c2cccs2)c2ccccc2n1. The first-order valence-electron chi connectivity index (χ1n) is 5.57. The first kappa shape index (κ1) is 11.0. The number of benzene rings is 1. The average molecular weight is 254 g/mol. The number of carbonyl (C=O) groups excluding carboxylic acids is 1. The lowest BCUT2D eigenvalue weighted by Crippen LogP contribution is -2.05. The van der Waals surface area contributed by atoms with Gasteiger partial charge in [-0.2, -0.15) is 0 Å². The second kappa shape index (κ2) is 4.31. The summed E-state index contributed by atoms with van der Waals surface area (Å²) in [5.41, 5.74) is 1.30. The summed E-state index contributed by atoms with van der Waals surface area (Å²) in [5.74, 6) is 0.584. The third-order valence-electron chi connectivity index (χ3n) is 2.68. The van der Waals surface area contributed by atoms with Crippen LogP contribution in [0.3, 0.4) is 0 Å². The van der Waals surface area contributed by atoms with Crippen molar-refractivity contribution in [1.82, 2.24) is 9.97 Å². The number of fused-ring (bicyclic) bond motifs is 1. The molecule has 0 saturated heterocycles. The Balaban J connectivity index is 2.25. The molecule has 2 heterocycles. The minimum Gasteiger partial charge on any atom is -0.286 e. The third-order valence-corrected chi connectivity index (χ3v) is 3.54. The summed E-state index contributed by atoms with van der Waals surface area (Å²) < 4.78 is 0. The molecule has 4 heteroatoms. The van der Waals surface area contributed by atoms with E-state index >= 15 is 0 Å². The van der Waals surface area contributed by atoms with Crippen LogP contribution in [0.5, 0.6) is 0 Å². The zero-order valence-electron chi connectivity index (χ0n) is 9.75. The quantitative estimate of drug-likeness (QED) is 0.659. The van der Waals surface area contributed by atoms with Gasteiger partial charge in [-0.1, -0.05) is 24.3 Å². The van der Waals surface area contributed by atoms with E-state index < -0.39 is 0 Å². The molecule has 0 spiro atoms. The fourth-order valence-corrected chi connectivity index (χ4v) is 2.55. The zero-order valence-corrected chi connectivity index (χ0v) is 10.6. The van der Waals surface area contributed by atoms with Gasteiger partial charge in [0.05, 0.1) is 10.4 Å².